The van der Waals surface area contributed by atoms with Crippen LogP contribution < -0.4 is 21.1 Å². The Labute approximate surface area is 474 Å². The van der Waals surface area contributed by atoms with Gasteiger partial charge in [-0.15, -0.1) is 0 Å². The second-order valence-corrected chi connectivity index (χ2v) is 20.1. The number of carbonyl (C=O) groups excluding carboxylic acids is 10. The van der Waals surface area contributed by atoms with Crippen LogP contribution in [-0.4, -0.2) is 159 Å². The number of fused-ring (bicyclic) bond motifs is 3. The molecule has 6 rings (SSSR count). The second kappa shape index (κ2) is 34.5. The summed E-state index contributed by atoms with van der Waals surface area (Å²) in [6.07, 6.45) is 12.5. The zero-order chi connectivity index (χ0) is 60.3. The van der Waals surface area contributed by atoms with E-state index in [1.165, 1.54) is 58.8 Å². The predicted molar refractivity (Wildman–Crippen MR) is 304 cm³/mol. The molecule has 3 aromatic rings. The number of benzene rings is 3. The third-order valence-corrected chi connectivity index (χ3v) is 13.8. The lowest BCUT2D eigenvalue weighted by Crippen LogP contribution is -2.42. The maximum atomic E-state index is 13.5. The normalized spacial score (nSPS) is 15.1. The van der Waals surface area contributed by atoms with Crippen LogP contribution in [0.5, 0.6) is 17.2 Å². The zero-order valence-electron chi connectivity index (χ0n) is 48.3. The molecular weight excluding hydrogens is 1040 g/mol. The van der Waals surface area contributed by atoms with Crippen LogP contribution in [0.2, 0.25) is 0 Å². The minimum Gasteiger partial charge on any atom is -0.507 e. The van der Waals surface area contributed by atoms with Crippen LogP contribution in [-0.2, 0) is 60.7 Å². The number of primary amides is 1. The lowest BCUT2D eigenvalue weighted by Gasteiger charge is -2.33. The predicted octanol–water partition coefficient (Wildman–Crippen LogP) is 5.81. The Morgan fingerprint density at radius 1 is 0.827 bits per heavy atom. The van der Waals surface area contributed by atoms with Gasteiger partial charge in [0.15, 0.2) is 11.6 Å². The minimum atomic E-state index is -0.867. The molecule has 0 aromatic heterocycles. The monoisotopic (exact) mass is 1130 g/mol. The number of Topliss-reactive ketones (excluding diaryl/α,β-unsaturated/α-hetero) is 1. The lowest BCUT2D eigenvalue weighted by atomic mass is 9.73. The molecule has 1 heterocycles. The molecule has 81 heavy (non-hydrogen) atoms. The number of aryl methyl sites for hydroxylation is 1. The fourth-order valence-corrected chi connectivity index (χ4v) is 9.22. The van der Waals surface area contributed by atoms with Gasteiger partial charge in [0, 0.05) is 94.1 Å². The van der Waals surface area contributed by atoms with E-state index in [-0.39, 0.29) is 112 Å². The number of nitrogens with one attached hydrogen (secondary N) is 2. The number of ether oxygens (including phenoxy) is 3. The van der Waals surface area contributed by atoms with Crippen molar-refractivity contribution in [3.63, 3.8) is 0 Å². The Morgan fingerprint density at radius 2 is 1.49 bits per heavy atom. The molecule has 0 spiro atoms. The maximum absolute atomic E-state index is 13.5. The van der Waals surface area contributed by atoms with E-state index in [1.54, 1.807) is 27.2 Å². The summed E-state index contributed by atoms with van der Waals surface area (Å²) >= 11 is 0. The Morgan fingerprint density at radius 3 is 2.05 bits per heavy atom. The van der Waals surface area contributed by atoms with Crippen molar-refractivity contribution in [1.82, 2.24) is 20.0 Å². The van der Waals surface area contributed by atoms with E-state index in [2.05, 4.69) is 36.6 Å². The molecule has 21 heteroatoms. The fraction of sp³-hybridized carbons (Fsp3) is 0.500. The van der Waals surface area contributed by atoms with Gasteiger partial charge in [-0.3, -0.25) is 48.1 Å². The summed E-state index contributed by atoms with van der Waals surface area (Å²) < 4.78 is 16.2. The van der Waals surface area contributed by atoms with Gasteiger partial charge < -0.3 is 55.4 Å². The Kier molecular flexibility index (Phi) is 28.8. The number of rotatable bonds is 27. The molecule has 6 amide bonds. The molecule has 0 radical (unpaired) electrons. The molecule has 0 fully saturated rings. The number of hydrogen-bond donors (Lipinski definition) is 5. The number of aldehydes is 1. The summed E-state index contributed by atoms with van der Waals surface area (Å²) in [4.78, 5) is 121. The number of ketones is 3. The Hall–Kier alpha value is -7.62. The van der Waals surface area contributed by atoms with Crippen molar-refractivity contribution in [1.29, 1.82) is 0 Å². The molecule has 21 nitrogen and oxygen atoms in total. The van der Waals surface area contributed by atoms with Crippen molar-refractivity contribution in [2.75, 3.05) is 73.5 Å². The maximum Gasteiger partial charge on any atom is 0.253 e. The van der Waals surface area contributed by atoms with Crippen LogP contribution in [0.4, 0.5) is 5.69 Å². The first kappa shape index (κ1) is 67.7. The Bertz CT molecular complexity index is 2690. The number of likely N-dealkylation sites (N-methyl/N-ethyl adjacent to an activating group) is 3. The number of methoxy groups -OCH3 is 2. The van der Waals surface area contributed by atoms with Crippen LogP contribution in [0.3, 0.4) is 0 Å². The number of imide groups is 1. The van der Waals surface area contributed by atoms with Gasteiger partial charge in [0.25, 0.3) is 11.8 Å². The van der Waals surface area contributed by atoms with Crippen LogP contribution in [0.15, 0.2) is 54.6 Å². The first-order valence-corrected chi connectivity index (χ1v) is 27.4. The van der Waals surface area contributed by atoms with Crippen LogP contribution >= 0.6 is 0 Å². The van der Waals surface area contributed by atoms with Crippen molar-refractivity contribution in [3.05, 3.63) is 93.6 Å². The van der Waals surface area contributed by atoms with Gasteiger partial charge in [-0.2, -0.15) is 0 Å². The van der Waals surface area contributed by atoms with Crippen molar-refractivity contribution < 1.29 is 72.4 Å². The third kappa shape index (κ3) is 19.6. The highest BCUT2D eigenvalue weighted by molar-refractivity contribution is 6.31. The highest BCUT2D eigenvalue weighted by Gasteiger charge is 2.43. The van der Waals surface area contributed by atoms with Crippen molar-refractivity contribution >= 4 is 65.3 Å². The highest BCUT2D eigenvalue weighted by atomic mass is 16.5. The molecular formula is C60H82N6O15. The van der Waals surface area contributed by atoms with Crippen LogP contribution in [0.1, 0.15) is 147 Å². The van der Waals surface area contributed by atoms with E-state index in [9.17, 15) is 58.2 Å². The van der Waals surface area contributed by atoms with Crippen molar-refractivity contribution in [2.45, 2.75) is 117 Å². The average Bonchev–Trinajstić information content (AvgIpc) is 3.95. The van der Waals surface area contributed by atoms with Gasteiger partial charge in [-0.05, 0) is 75.3 Å². The SMILES string of the molecule is CCCCCC(=O)Nc1ccc(CCC)cc1.CNC(C(N)=O)C(C)C.COc1cccc2c1C(=O)c1c(O)c3c(c(O)c1C2=O)C[C@@H](C(=O)COCC(=O)N(C)CCN(C)C=O)CC3OC.O=CCCCCCN1C(=O)C=CC1=O. The summed E-state index contributed by atoms with van der Waals surface area (Å²) in [5.74, 6) is -3.92. The highest BCUT2D eigenvalue weighted by Crippen LogP contribution is 2.51. The smallest absolute Gasteiger partial charge is 0.253 e. The van der Waals surface area contributed by atoms with Gasteiger partial charge in [-0.25, -0.2) is 0 Å². The number of aromatic hydroxyl groups is 2. The van der Waals surface area contributed by atoms with Crippen LogP contribution in [0, 0.1) is 11.8 Å². The van der Waals surface area contributed by atoms with Gasteiger partial charge >= 0.3 is 0 Å². The summed E-state index contributed by atoms with van der Waals surface area (Å²) in [7, 11) is 7.61. The fourth-order valence-electron chi connectivity index (χ4n) is 9.22. The number of carbonyl (C=O) groups is 10. The first-order chi connectivity index (χ1) is 38.6. The standard InChI is InChI=1S/C29H32N2O10.C15H23NO.C10H13NO3.C6H14N2O/c1-30(14-32)8-9-31(2)21(34)13-41-12-18(33)15-10-17-23(20(11-15)40-4)29(38)25-24(27(17)36)26(35)16-6-5-7-19(39-3)22(16)28(25)37;1-3-5-6-8-15(17)16-14-11-9-13(7-4-2)10-12-14;12-8-4-2-1-3-7-11-9(13)5-6-10(11)14;1-4(2)5(8-3)6(7)9/h5-7,14-15,20,36,38H,8-13H2,1-4H3;9-12H,3-8H2,1-2H3,(H,16,17);5-6,8H,1-4,7H2;4-5,8H,1-3H3,(H2,7,9)/t15-,20?;;;/m1.../s1. The summed E-state index contributed by atoms with van der Waals surface area (Å²) in [6.45, 7) is 8.59. The van der Waals surface area contributed by atoms with E-state index >= 15 is 0 Å². The van der Waals surface area contributed by atoms with Crippen LogP contribution in [0.25, 0.3) is 0 Å². The largest absolute Gasteiger partial charge is 0.507 e. The number of amides is 6. The van der Waals surface area contributed by atoms with E-state index in [1.807, 2.05) is 26.0 Å². The average molecular weight is 1130 g/mol. The van der Waals surface area contributed by atoms with Gasteiger partial charge in [0.1, 0.15) is 36.7 Å². The van der Waals surface area contributed by atoms with E-state index < -0.39 is 35.1 Å². The molecule has 3 atom stereocenters. The summed E-state index contributed by atoms with van der Waals surface area (Å²) in [5, 5.41) is 28.3. The number of nitrogens with zero attached hydrogens (tertiary/aromatic N) is 3. The van der Waals surface area contributed by atoms with Gasteiger partial charge in [0.05, 0.1) is 35.9 Å². The van der Waals surface area contributed by atoms with Gasteiger partial charge in [0.2, 0.25) is 29.9 Å². The number of phenols is 2. The topological polar surface area (TPSA) is 299 Å². The lowest BCUT2D eigenvalue weighted by molar-refractivity contribution is -0.139. The molecule has 3 aliphatic rings. The van der Waals surface area contributed by atoms with Gasteiger partial charge in [-0.1, -0.05) is 77.6 Å². The van der Waals surface area contributed by atoms with E-state index in [4.69, 9.17) is 19.9 Å². The second-order valence-electron chi connectivity index (χ2n) is 20.1. The molecule has 2 unspecified atom stereocenters. The zero-order valence-corrected chi connectivity index (χ0v) is 48.3. The molecule has 0 bridgehead atoms. The quantitative estimate of drug-likeness (QED) is 0.0204. The minimum absolute atomic E-state index is 0.00641. The Balaban J connectivity index is 0.000000350. The number of phenolic OH excluding ortho intramolecular Hbond substituents is 2. The number of anilines is 1. The molecule has 6 N–H and O–H groups in total. The molecule has 1 aliphatic heterocycles. The first-order valence-electron chi connectivity index (χ1n) is 27.4. The number of unbranched alkanes of at least 4 members (excludes halogenated alkanes) is 5. The van der Waals surface area contributed by atoms with E-state index in [0.717, 1.165) is 63.3 Å². The molecule has 442 valence electrons. The molecule has 0 saturated carbocycles. The molecule has 2 aliphatic carbocycles. The molecule has 3 aromatic carbocycles. The third-order valence-electron chi connectivity index (χ3n) is 13.8. The summed E-state index contributed by atoms with van der Waals surface area (Å²) in [5.41, 5.74) is 6.93. The van der Waals surface area contributed by atoms with Crippen molar-refractivity contribution in [2.24, 2.45) is 17.6 Å². The van der Waals surface area contributed by atoms with E-state index in [0.29, 0.717) is 38.9 Å². The number of nitrogens with two attached hydrogens (primary N) is 1. The number of hydrogen-bond acceptors (Lipinski definition) is 16. The molecule has 0 saturated heterocycles. The van der Waals surface area contributed by atoms with Crippen molar-refractivity contribution in [3.8, 4) is 17.2 Å². The summed E-state index contributed by atoms with van der Waals surface area (Å²) in [6, 6.07) is 12.5.